The van der Waals surface area contributed by atoms with Crippen LogP contribution in [-0.4, -0.2) is 32.5 Å². The van der Waals surface area contributed by atoms with Gasteiger partial charge in [0.15, 0.2) is 21.3 Å². The van der Waals surface area contributed by atoms with Gasteiger partial charge in [-0.15, -0.1) is 12.4 Å². The minimum Gasteiger partial charge on any atom is -0.478 e. The van der Waals surface area contributed by atoms with Crippen LogP contribution in [0, 0.1) is 0 Å². The third kappa shape index (κ3) is 2.85. The number of rotatable bonds is 3. The molecule has 0 saturated heterocycles. The van der Waals surface area contributed by atoms with Gasteiger partial charge < -0.3 is 14.6 Å². The highest BCUT2D eigenvalue weighted by Crippen LogP contribution is 2.38. The minimum absolute atomic E-state index is 0. The van der Waals surface area contributed by atoms with Crippen molar-refractivity contribution in [1.82, 2.24) is 0 Å². The van der Waals surface area contributed by atoms with Crippen molar-refractivity contribution in [3.05, 3.63) is 23.3 Å². The molecule has 0 fully saturated rings. The molecule has 2 rings (SSSR count). The van der Waals surface area contributed by atoms with E-state index in [9.17, 15) is 13.2 Å². The van der Waals surface area contributed by atoms with Gasteiger partial charge in [-0.25, -0.2) is 13.2 Å². The summed E-state index contributed by atoms with van der Waals surface area (Å²) in [6.45, 7) is -0.0326. The second kappa shape index (κ2) is 5.03. The van der Waals surface area contributed by atoms with E-state index in [-0.39, 0.29) is 41.8 Å². The van der Waals surface area contributed by atoms with Crippen LogP contribution in [0.25, 0.3) is 0 Å². The molecule has 0 bridgehead atoms. The average Bonchev–Trinajstić information content (AvgIpc) is 2.63. The van der Waals surface area contributed by atoms with Crippen molar-refractivity contribution in [2.24, 2.45) is 0 Å². The molecule has 1 heterocycles. The predicted molar refractivity (Wildman–Crippen MR) is 65.3 cm³/mol. The number of benzene rings is 1. The molecule has 0 saturated carbocycles. The largest absolute Gasteiger partial charge is 0.478 e. The lowest BCUT2D eigenvalue weighted by Crippen LogP contribution is -2.09. The Balaban J connectivity index is 0.00000162. The number of sulfone groups is 1. The third-order valence-electron chi connectivity index (χ3n) is 2.28. The van der Waals surface area contributed by atoms with Gasteiger partial charge in [0.2, 0.25) is 6.79 Å². The Morgan fingerprint density at radius 3 is 2.61 bits per heavy atom. The van der Waals surface area contributed by atoms with Gasteiger partial charge in [0.25, 0.3) is 0 Å². The van der Waals surface area contributed by atoms with Crippen LogP contribution < -0.4 is 9.47 Å². The highest BCUT2D eigenvalue weighted by molar-refractivity contribution is 7.89. The first kappa shape index (κ1) is 14.6. The predicted octanol–water partition coefficient (Wildman–Crippen LogP) is 1.08. The van der Waals surface area contributed by atoms with E-state index in [0.29, 0.717) is 5.75 Å². The van der Waals surface area contributed by atoms with E-state index in [0.717, 1.165) is 6.26 Å². The van der Waals surface area contributed by atoms with Gasteiger partial charge in [0.1, 0.15) is 0 Å². The van der Waals surface area contributed by atoms with Crippen LogP contribution in [0.5, 0.6) is 11.5 Å². The molecule has 1 N–H and O–H groups in total. The Morgan fingerprint density at radius 1 is 1.39 bits per heavy atom. The highest BCUT2D eigenvalue weighted by Gasteiger charge is 2.25. The van der Waals surface area contributed by atoms with Crippen LogP contribution in [0.4, 0.5) is 0 Å². The fourth-order valence-corrected chi connectivity index (χ4v) is 2.45. The summed E-state index contributed by atoms with van der Waals surface area (Å²) in [6.07, 6.45) is 1.04. The third-order valence-corrected chi connectivity index (χ3v) is 3.09. The maximum atomic E-state index is 11.3. The van der Waals surface area contributed by atoms with E-state index >= 15 is 0 Å². The van der Waals surface area contributed by atoms with Crippen LogP contribution >= 0.6 is 12.4 Å². The second-order valence-electron chi connectivity index (χ2n) is 3.70. The monoisotopic (exact) mass is 294 g/mol. The average molecular weight is 295 g/mol. The van der Waals surface area contributed by atoms with Crippen LogP contribution in [0.3, 0.4) is 0 Å². The van der Waals surface area contributed by atoms with Crippen molar-refractivity contribution in [3.8, 4) is 11.5 Å². The summed E-state index contributed by atoms with van der Waals surface area (Å²) in [6, 6.07) is 2.77. The minimum atomic E-state index is -3.35. The Kier molecular flexibility index (Phi) is 4.08. The van der Waals surface area contributed by atoms with Gasteiger partial charge in [-0.1, -0.05) is 0 Å². The van der Waals surface area contributed by atoms with Crippen molar-refractivity contribution < 1.29 is 27.8 Å². The molecule has 8 heteroatoms. The number of hydrogen-bond acceptors (Lipinski definition) is 5. The molecule has 0 unspecified atom stereocenters. The summed E-state index contributed by atoms with van der Waals surface area (Å²) in [5.74, 6) is -1.01. The van der Waals surface area contributed by atoms with E-state index in [1.54, 1.807) is 0 Å². The summed E-state index contributed by atoms with van der Waals surface area (Å²) >= 11 is 0. The molecule has 18 heavy (non-hydrogen) atoms. The van der Waals surface area contributed by atoms with Gasteiger partial charge in [-0.05, 0) is 12.1 Å². The Labute approximate surface area is 110 Å². The molecule has 0 amide bonds. The zero-order valence-electron chi connectivity index (χ0n) is 9.37. The van der Waals surface area contributed by atoms with E-state index in [4.69, 9.17) is 14.6 Å². The smallest absolute Gasteiger partial charge is 0.336 e. The summed E-state index contributed by atoms with van der Waals surface area (Å²) in [5, 5.41) is 9.00. The fourth-order valence-electron chi connectivity index (χ4n) is 1.64. The molecule has 6 nitrogen and oxygen atoms in total. The molecular weight excluding hydrogens is 284 g/mol. The molecule has 0 atom stereocenters. The molecule has 1 aliphatic rings. The number of ether oxygens (including phenoxy) is 2. The Bertz CT molecular complexity index is 580. The van der Waals surface area contributed by atoms with E-state index in [1.807, 2.05) is 0 Å². The first-order valence-corrected chi connectivity index (χ1v) is 6.77. The standard InChI is InChI=1S/C10H10O6S.ClH/c1-17(13,14)4-7-6(10(11)12)2-3-8-9(7)16-5-15-8;/h2-3H,4-5H2,1H3,(H,11,12);1H. The number of carboxylic acids is 1. The van der Waals surface area contributed by atoms with Gasteiger partial charge in [0, 0.05) is 11.8 Å². The maximum Gasteiger partial charge on any atom is 0.336 e. The van der Waals surface area contributed by atoms with Crippen molar-refractivity contribution in [2.45, 2.75) is 5.75 Å². The Morgan fingerprint density at radius 2 is 2.06 bits per heavy atom. The molecule has 0 aliphatic carbocycles. The quantitative estimate of drug-likeness (QED) is 0.897. The van der Waals surface area contributed by atoms with Gasteiger partial charge in [0.05, 0.1) is 11.3 Å². The van der Waals surface area contributed by atoms with Crippen LogP contribution in [0.15, 0.2) is 12.1 Å². The SMILES string of the molecule is CS(=O)(=O)Cc1c(C(=O)O)ccc2c1OCO2.Cl. The van der Waals surface area contributed by atoms with Crippen molar-refractivity contribution >= 4 is 28.2 Å². The number of carbonyl (C=O) groups is 1. The molecular formula is C10H11ClO6S. The number of carboxylic acid groups (broad SMARTS) is 1. The normalized spacial score (nSPS) is 12.9. The van der Waals surface area contributed by atoms with Crippen LogP contribution in [0.2, 0.25) is 0 Å². The molecule has 0 spiro atoms. The van der Waals surface area contributed by atoms with E-state index < -0.39 is 15.8 Å². The summed E-state index contributed by atoms with van der Waals surface area (Å²) in [5.41, 5.74) is 0.0506. The zero-order valence-corrected chi connectivity index (χ0v) is 11.0. The van der Waals surface area contributed by atoms with Gasteiger partial charge in [-0.3, -0.25) is 0 Å². The van der Waals surface area contributed by atoms with Crippen LogP contribution in [-0.2, 0) is 15.6 Å². The van der Waals surface area contributed by atoms with Crippen molar-refractivity contribution in [2.75, 3.05) is 13.0 Å². The lowest BCUT2D eigenvalue weighted by atomic mass is 10.1. The molecule has 0 aromatic heterocycles. The summed E-state index contributed by atoms with van der Waals surface area (Å²) < 4.78 is 32.8. The molecule has 1 aromatic rings. The fraction of sp³-hybridized carbons (Fsp3) is 0.300. The van der Waals surface area contributed by atoms with E-state index in [2.05, 4.69) is 0 Å². The highest BCUT2D eigenvalue weighted by atomic mass is 35.5. The van der Waals surface area contributed by atoms with Crippen molar-refractivity contribution in [1.29, 1.82) is 0 Å². The number of fused-ring (bicyclic) bond motifs is 1. The first-order valence-electron chi connectivity index (χ1n) is 4.71. The molecule has 1 aliphatic heterocycles. The molecule has 100 valence electrons. The molecule has 1 aromatic carbocycles. The van der Waals surface area contributed by atoms with Gasteiger partial charge >= 0.3 is 5.97 Å². The zero-order chi connectivity index (χ0) is 12.6. The van der Waals surface area contributed by atoms with Crippen molar-refractivity contribution in [3.63, 3.8) is 0 Å². The van der Waals surface area contributed by atoms with Crippen LogP contribution in [0.1, 0.15) is 15.9 Å². The Hall–Kier alpha value is -1.47. The summed E-state index contributed by atoms with van der Waals surface area (Å²) in [7, 11) is -3.35. The number of hydrogen-bond donors (Lipinski definition) is 1. The topological polar surface area (TPSA) is 89.9 Å². The summed E-state index contributed by atoms with van der Waals surface area (Å²) in [4.78, 5) is 11.0. The maximum absolute atomic E-state index is 11.3. The number of aromatic carboxylic acids is 1. The lowest BCUT2D eigenvalue weighted by molar-refractivity contribution is 0.0695. The van der Waals surface area contributed by atoms with Gasteiger partial charge in [-0.2, -0.15) is 0 Å². The molecule has 0 radical (unpaired) electrons. The van der Waals surface area contributed by atoms with E-state index in [1.165, 1.54) is 12.1 Å². The second-order valence-corrected chi connectivity index (χ2v) is 5.84. The number of halogens is 1. The lowest BCUT2D eigenvalue weighted by Gasteiger charge is -2.08. The first-order chi connectivity index (χ1) is 7.88.